The number of hydrogen-bond donors (Lipinski definition) is 0. The van der Waals surface area contributed by atoms with Crippen molar-refractivity contribution < 1.29 is 33.2 Å². The third-order valence-corrected chi connectivity index (χ3v) is 5.67. The first kappa shape index (κ1) is 24.1. The number of benzene rings is 3. The van der Waals surface area contributed by atoms with E-state index in [0.29, 0.717) is 34.5 Å². The van der Waals surface area contributed by atoms with E-state index in [1.165, 1.54) is 0 Å². The summed E-state index contributed by atoms with van der Waals surface area (Å²) in [4.78, 5) is 0. The minimum absolute atomic E-state index is 0.576. The lowest BCUT2D eigenvalue weighted by molar-refractivity contribution is 0.0518. The SMILES string of the molecule is COc1ccc(C(OC)(c2ccc(OC)cc2OC)c2ccc(OC)cc2OC)c(OC)c1. The van der Waals surface area contributed by atoms with Gasteiger partial charge in [0.15, 0.2) is 5.60 Å². The molecular weight excluding hydrogens is 424 g/mol. The lowest BCUT2D eigenvalue weighted by atomic mass is 9.78. The Balaban J connectivity index is 2.47. The van der Waals surface area contributed by atoms with E-state index in [9.17, 15) is 0 Å². The Morgan fingerprint density at radius 3 is 0.939 bits per heavy atom. The van der Waals surface area contributed by atoms with Crippen molar-refractivity contribution in [2.75, 3.05) is 49.8 Å². The van der Waals surface area contributed by atoms with Crippen molar-refractivity contribution in [3.8, 4) is 34.5 Å². The molecule has 0 aliphatic rings. The van der Waals surface area contributed by atoms with E-state index >= 15 is 0 Å². The summed E-state index contributed by atoms with van der Waals surface area (Å²) in [6.45, 7) is 0. The molecule has 0 fully saturated rings. The predicted molar refractivity (Wildman–Crippen MR) is 126 cm³/mol. The van der Waals surface area contributed by atoms with Crippen LogP contribution in [0.5, 0.6) is 34.5 Å². The van der Waals surface area contributed by atoms with Gasteiger partial charge in [-0.15, -0.1) is 0 Å². The molecule has 0 saturated carbocycles. The zero-order chi connectivity index (χ0) is 24.0. The maximum atomic E-state index is 6.38. The van der Waals surface area contributed by atoms with Crippen molar-refractivity contribution in [3.05, 3.63) is 71.3 Å². The van der Waals surface area contributed by atoms with Crippen LogP contribution in [0.4, 0.5) is 0 Å². The van der Waals surface area contributed by atoms with Crippen molar-refractivity contribution in [2.24, 2.45) is 0 Å². The van der Waals surface area contributed by atoms with E-state index in [1.54, 1.807) is 49.8 Å². The van der Waals surface area contributed by atoms with Crippen molar-refractivity contribution in [3.63, 3.8) is 0 Å². The fraction of sp³-hybridized carbons (Fsp3) is 0.308. The molecule has 0 aliphatic carbocycles. The molecule has 0 radical (unpaired) electrons. The molecule has 0 heterocycles. The van der Waals surface area contributed by atoms with Gasteiger partial charge in [0, 0.05) is 42.0 Å². The van der Waals surface area contributed by atoms with Gasteiger partial charge in [-0.05, 0) is 36.4 Å². The fourth-order valence-corrected chi connectivity index (χ4v) is 4.03. The first-order chi connectivity index (χ1) is 16.0. The largest absolute Gasteiger partial charge is 0.497 e. The van der Waals surface area contributed by atoms with E-state index in [4.69, 9.17) is 33.2 Å². The van der Waals surface area contributed by atoms with Crippen LogP contribution in [-0.4, -0.2) is 49.8 Å². The zero-order valence-electron chi connectivity index (χ0n) is 20.1. The highest BCUT2D eigenvalue weighted by atomic mass is 16.5. The third kappa shape index (κ3) is 4.24. The molecule has 0 aliphatic heterocycles. The molecule has 3 aromatic carbocycles. The Kier molecular flexibility index (Phi) is 7.55. The lowest BCUT2D eigenvalue weighted by Crippen LogP contribution is -2.33. The molecule has 0 unspecified atom stereocenters. The van der Waals surface area contributed by atoms with Gasteiger partial charge in [-0.1, -0.05) is 0 Å². The molecule has 7 nitrogen and oxygen atoms in total. The van der Waals surface area contributed by atoms with Gasteiger partial charge in [-0.3, -0.25) is 0 Å². The maximum absolute atomic E-state index is 6.38. The second-order valence-corrected chi connectivity index (χ2v) is 7.08. The maximum Gasteiger partial charge on any atom is 0.154 e. The Hall–Kier alpha value is -3.58. The molecule has 0 spiro atoms. The van der Waals surface area contributed by atoms with E-state index in [1.807, 2.05) is 54.6 Å². The summed E-state index contributed by atoms with van der Waals surface area (Å²) in [6, 6.07) is 16.8. The summed E-state index contributed by atoms with van der Waals surface area (Å²) in [7, 11) is 11.3. The van der Waals surface area contributed by atoms with Crippen LogP contribution in [0.3, 0.4) is 0 Å². The van der Waals surface area contributed by atoms with Crippen LogP contribution in [0.1, 0.15) is 16.7 Å². The lowest BCUT2D eigenvalue weighted by Gasteiger charge is -2.37. The monoisotopic (exact) mass is 454 g/mol. The average molecular weight is 455 g/mol. The molecule has 0 amide bonds. The number of methoxy groups -OCH3 is 7. The van der Waals surface area contributed by atoms with Crippen LogP contribution >= 0.6 is 0 Å². The molecule has 33 heavy (non-hydrogen) atoms. The Morgan fingerprint density at radius 1 is 0.424 bits per heavy atom. The van der Waals surface area contributed by atoms with Crippen LogP contribution in [-0.2, 0) is 10.3 Å². The molecule has 3 rings (SSSR count). The highest BCUT2D eigenvalue weighted by Crippen LogP contribution is 2.51. The second-order valence-electron chi connectivity index (χ2n) is 7.08. The van der Waals surface area contributed by atoms with Crippen LogP contribution in [0.25, 0.3) is 0 Å². The first-order valence-electron chi connectivity index (χ1n) is 10.3. The second kappa shape index (κ2) is 10.4. The van der Waals surface area contributed by atoms with Gasteiger partial charge >= 0.3 is 0 Å². The van der Waals surface area contributed by atoms with Crippen molar-refractivity contribution >= 4 is 0 Å². The van der Waals surface area contributed by atoms with Crippen LogP contribution in [0.2, 0.25) is 0 Å². The van der Waals surface area contributed by atoms with Gasteiger partial charge in [0.25, 0.3) is 0 Å². The highest BCUT2D eigenvalue weighted by molar-refractivity contribution is 5.62. The van der Waals surface area contributed by atoms with Gasteiger partial charge in [-0.2, -0.15) is 0 Å². The topological polar surface area (TPSA) is 64.6 Å². The van der Waals surface area contributed by atoms with E-state index < -0.39 is 5.60 Å². The first-order valence-corrected chi connectivity index (χ1v) is 10.3. The summed E-state index contributed by atoms with van der Waals surface area (Å²) in [5, 5.41) is 0. The van der Waals surface area contributed by atoms with Gasteiger partial charge < -0.3 is 33.2 Å². The minimum atomic E-state index is -1.17. The van der Waals surface area contributed by atoms with Gasteiger partial charge in [0.2, 0.25) is 0 Å². The van der Waals surface area contributed by atoms with Gasteiger partial charge in [0.05, 0.1) is 42.7 Å². The molecule has 3 aromatic rings. The average Bonchev–Trinajstić information content (AvgIpc) is 2.89. The summed E-state index contributed by atoms with van der Waals surface area (Å²) >= 11 is 0. The van der Waals surface area contributed by atoms with Crippen LogP contribution in [0.15, 0.2) is 54.6 Å². The van der Waals surface area contributed by atoms with Crippen LogP contribution in [0, 0.1) is 0 Å². The number of hydrogen-bond acceptors (Lipinski definition) is 7. The molecule has 0 bridgehead atoms. The number of ether oxygens (including phenoxy) is 7. The summed E-state index contributed by atoms with van der Waals surface area (Å²) in [5.74, 6) is 3.70. The third-order valence-electron chi connectivity index (χ3n) is 5.67. The summed E-state index contributed by atoms with van der Waals surface area (Å²) < 4.78 is 40.0. The molecule has 0 N–H and O–H groups in total. The van der Waals surface area contributed by atoms with Crippen LogP contribution < -0.4 is 28.4 Å². The zero-order valence-corrected chi connectivity index (χ0v) is 20.1. The fourth-order valence-electron chi connectivity index (χ4n) is 4.03. The van der Waals surface area contributed by atoms with Gasteiger partial charge in [0.1, 0.15) is 34.5 Å². The Labute approximate surface area is 194 Å². The van der Waals surface area contributed by atoms with Crippen molar-refractivity contribution in [1.29, 1.82) is 0 Å². The Bertz CT molecular complexity index is 959. The summed E-state index contributed by atoms with van der Waals surface area (Å²) in [6.07, 6.45) is 0. The smallest absolute Gasteiger partial charge is 0.154 e. The predicted octanol–water partition coefficient (Wildman–Crippen LogP) is 4.68. The molecule has 0 aromatic heterocycles. The van der Waals surface area contributed by atoms with E-state index in [-0.39, 0.29) is 0 Å². The molecule has 176 valence electrons. The highest BCUT2D eigenvalue weighted by Gasteiger charge is 2.44. The van der Waals surface area contributed by atoms with Crippen molar-refractivity contribution in [1.82, 2.24) is 0 Å². The molecular formula is C26H30O7. The summed E-state index contributed by atoms with van der Waals surface area (Å²) in [5.41, 5.74) is 1.04. The normalized spacial score (nSPS) is 11.0. The molecule has 0 saturated heterocycles. The Morgan fingerprint density at radius 2 is 0.727 bits per heavy atom. The number of rotatable bonds is 10. The van der Waals surface area contributed by atoms with Gasteiger partial charge in [-0.25, -0.2) is 0 Å². The molecule has 0 atom stereocenters. The standard InChI is InChI=1S/C26H30O7/c1-27-17-8-11-20(23(14-17)30-4)26(33-7,21-12-9-18(28-2)15-24(21)31-5)22-13-10-19(29-3)16-25(22)32-6/h8-16H,1-7H3. The quantitative estimate of drug-likeness (QED) is 0.412. The van der Waals surface area contributed by atoms with E-state index in [0.717, 1.165) is 16.7 Å². The van der Waals surface area contributed by atoms with E-state index in [2.05, 4.69) is 0 Å². The molecule has 7 heteroatoms. The van der Waals surface area contributed by atoms with Crippen molar-refractivity contribution in [2.45, 2.75) is 5.60 Å². The minimum Gasteiger partial charge on any atom is -0.497 e.